The first-order chi connectivity index (χ1) is 11.2. The number of aryl methyl sites for hydroxylation is 1. The van der Waals surface area contributed by atoms with Gasteiger partial charge in [0.1, 0.15) is 16.9 Å². The zero-order valence-electron chi connectivity index (χ0n) is 12.6. The molecule has 23 heavy (non-hydrogen) atoms. The molecule has 0 aliphatic carbocycles. The normalized spacial score (nSPS) is 12.0. The third kappa shape index (κ3) is 3.78. The van der Waals surface area contributed by atoms with Gasteiger partial charge in [-0.05, 0) is 22.9 Å². The van der Waals surface area contributed by atoms with Crippen LogP contribution in [-0.2, 0) is 17.8 Å². The minimum absolute atomic E-state index is 0.126. The molecule has 0 saturated carbocycles. The van der Waals surface area contributed by atoms with E-state index >= 15 is 0 Å². The number of carbonyl (C=O) groups excluding carboxylic acids is 1. The Balaban J connectivity index is 1.77. The highest BCUT2D eigenvalue weighted by atomic mass is 32.1. The quantitative estimate of drug-likeness (QED) is 0.742. The highest BCUT2D eigenvalue weighted by Crippen LogP contribution is 2.15. The topological polar surface area (TPSA) is 85.6 Å². The lowest BCUT2D eigenvalue weighted by molar-refractivity contribution is -0.124. The monoisotopic (exact) mass is 328 g/mol. The number of nitrogens with zero attached hydrogens (tertiary/aromatic N) is 5. The van der Waals surface area contributed by atoms with Crippen LogP contribution in [0.4, 0.5) is 0 Å². The van der Waals surface area contributed by atoms with Gasteiger partial charge < -0.3 is 5.32 Å². The van der Waals surface area contributed by atoms with Gasteiger partial charge in [-0.3, -0.25) is 4.79 Å². The van der Waals surface area contributed by atoms with Crippen LogP contribution in [0.1, 0.15) is 22.4 Å². The summed E-state index contributed by atoms with van der Waals surface area (Å²) in [6, 6.07) is 9.33. The van der Waals surface area contributed by atoms with Crippen molar-refractivity contribution in [2.45, 2.75) is 25.9 Å². The van der Waals surface area contributed by atoms with Gasteiger partial charge >= 0.3 is 0 Å². The van der Waals surface area contributed by atoms with Gasteiger partial charge in [-0.1, -0.05) is 30.3 Å². The molecule has 0 radical (unpaired) electrons. The Kier molecular flexibility index (Phi) is 4.72. The largest absolute Gasteiger partial charge is 0.348 e. The third-order valence-electron chi connectivity index (χ3n) is 3.42. The molecule has 3 rings (SSSR count). The molecule has 0 aliphatic heterocycles. The van der Waals surface area contributed by atoms with Crippen LogP contribution in [0.25, 0.3) is 0 Å². The minimum atomic E-state index is -0.493. The van der Waals surface area contributed by atoms with Crippen LogP contribution >= 0.6 is 11.3 Å². The maximum atomic E-state index is 12.6. The third-order valence-corrected chi connectivity index (χ3v) is 4.20. The fourth-order valence-electron chi connectivity index (χ4n) is 2.27. The summed E-state index contributed by atoms with van der Waals surface area (Å²) < 4.78 is 1.56. The molecule has 1 amide bonds. The first-order valence-corrected chi connectivity index (χ1v) is 8.06. The Hall–Kier alpha value is -2.61. The molecular formula is C15H16N6OS. The van der Waals surface area contributed by atoms with E-state index in [-0.39, 0.29) is 5.91 Å². The number of hydrogen-bond donors (Lipinski definition) is 1. The van der Waals surface area contributed by atoms with Crippen molar-refractivity contribution >= 4 is 17.2 Å². The van der Waals surface area contributed by atoms with Crippen molar-refractivity contribution in [2.24, 2.45) is 0 Å². The molecule has 0 aliphatic rings. The number of tetrazole rings is 1. The van der Waals surface area contributed by atoms with Crippen LogP contribution in [-0.4, -0.2) is 31.1 Å². The van der Waals surface area contributed by atoms with E-state index in [1.54, 1.807) is 17.8 Å². The van der Waals surface area contributed by atoms with E-state index < -0.39 is 6.04 Å². The van der Waals surface area contributed by atoms with Crippen molar-refractivity contribution in [3.05, 3.63) is 58.3 Å². The van der Waals surface area contributed by atoms with Crippen LogP contribution in [0.2, 0.25) is 0 Å². The molecule has 0 saturated heterocycles. The number of nitrogens with one attached hydrogen (secondary N) is 1. The predicted octanol–water partition coefficient (Wildman–Crippen LogP) is 1.54. The van der Waals surface area contributed by atoms with E-state index in [4.69, 9.17) is 0 Å². The van der Waals surface area contributed by atoms with E-state index in [0.29, 0.717) is 18.8 Å². The lowest BCUT2D eigenvalue weighted by Crippen LogP contribution is -2.34. The Morgan fingerprint density at radius 2 is 2.17 bits per heavy atom. The Bertz CT molecular complexity index is 755. The van der Waals surface area contributed by atoms with Crippen molar-refractivity contribution < 1.29 is 4.79 Å². The lowest BCUT2D eigenvalue weighted by atomic mass is 10.1. The summed E-state index contributed by atoms with van der Waals surface area (Å²) in [6.07, 6.45) is 2.25. The molecule has 2 aromatic heterocycles. The molecular weight excluding hydrogens is 312 g/mol. The molecule has 1 aromatic carbocycles. The second-order valence-electron chi connectivity index (χ2n) is 5.02. The summed E-state index contributed by atoms with van der Waals surface area (Å²) in [5, 5.41) is 17.2. The standard InChI is InChI=1S/C15H16N6OS/c1-11-18-19-20-21(11)13(9-12-5-3-2-4-6-12)15(22)17-10-14-16-7-8-23-14/h2-8,13H,9-10H2,1H3,(H,17,22)/t13-/m0/s1. The summed E-state index contributed by atoms with van der Waals surface area (Å²) in [5.41, 5.74) is 1.05. The van der Waals surface area contributed by atoms with Gasteiger partial charge in [0.15, 0.2) is 0 Å². The average Bonchev–Trinajstić information content (AvgIpc) is 3.23. The predicted molar refractivity (Wildman–Crippen MR) is 85.7 cm³/mol. The number of amides is 1. The smallest absolute Gasteiger partial charge is 0.245 e. The van der Waals surface area contributed by atoms with Gasteiger partial charge in [0.05, 0.1) is 6.54 Å². The molecule has 0 unspecified atom stereocenters. The van der Waals surface area contributed by atoms with E-state index in [1.807, 2.05) is 35.7 Å². The van der Waals surface area contributed by atoms with Gasteiger partial charge in [-0.25, -0.2) is 9.67 Å². The molecule has 0 spiro atoms. The maximum Gasteiger partial charge on any atom is 0.245 e. The van der Waals surface area contributed by atoms with Gasteiger partial charge in [0, 0.05) is 18.0 Å². The molecule has 0 fully saturated rings. The first kappa shape index (κ1) is 15.3. The molecule has 3 aromatic rings. The van der Waals surface area contributed by atoms with E-state index in [2.05, 4.69) is 25.8 Å². The zero-order chi connectivity index (χ0) is 16.1. The number of benzene rings is 1. The molecule has 2 heterocycles. The maximum absolute atomic E-state index is 12.6. The van der Waals surface area contributed by atoms with Crippen molar-refractivity contribution in [2.75, 3.05) is 0 Å². The summed E-state index contributed by atoms with van der Waals surface area (Å²) in [7, 11) is 0. The Labute approximate surface area is 137 Å². The van der Waals surface area contributed by atoms with Crippen molar-refractivity contribution in [3.63, 3.8) is 0 Å². The van der Waals surface area contributed by atoms with E-state index in [0.717, 1.165) is 10.6 Å². The summed E-state index contributed by atoms with van der Waals surface area (Å²) in [6.45, 7) is 2.19. The van der Waals surface area contributed by atoms with Crippen LogP contribution in [0, 0.1) is 6.92 Å². The number of rotatable bonds is 6. The van der Waals surface area contributed by atoms with Crippen LogP contribution in [0.5, 0.6) is 0 Å². The molecule has 0 bridgehead atoms. The summed E-state index contributed by atoms with van der Waals surface area (Å²) in [4.78, 5) is 16.8. The second-order valence-corrected chi connectivity index (χ2v) is 6.00. The molecule has 1 atom stereocenters. The Morgan fingerprint density at radius 1 is 1.35 bits per heavy atom. The van der Waals surface area contributed by atoms with Crippen LogP contribution in [0.15, 0.2) is 41.9 Å². The summed E-state index contributed by atoms with van der Waals surface area (Å²) >= 11 is 1.51. The van der Waals surface area contributed by atoms with Gasteiger partial charge in [-0.2, -0.15) is 0 Å². The van der Waals surface area contributed by atoms with Crippen molar-refractivity contribution in [1.82, 2.24) is 30.5 Å². The number of hydrogen-bond acceptors (Lipinski definition) is 6. The zero-order valence-corrected chi connectivity index (χ0v) is 13.4. The van der Waals surface area contributed by atoms with Crippen molar-refractivity contribution in [3.8, 4) is 0 Å². The first-order valence-electron chi connectivity index (χ1n) is 7.18. The fraction of sp³-hybridized carbons (Fsp3) is 0.267. The highest BCUT2D eigenvalue weighted by Gasteiger charge is 2.24. The molecule has 8 heteroatoms. The lowest BCUT2D eigenvalue weighted by Gasteiger charge is -2.17. The van der Waals surface area contributed by atoms with E-state index in [1.165, 1.54) is 11.3 Å². The number of aromatic nitrogens is 5. The van der Waals surface area contributed by atoms with Gasteiger partial charge in [0.2, 0.25) is 5.91 Å². The van der Waals surface area contributed by atoms with Gasteiger partial charge in [-0.15, -0.1) is 16.4 Å². The highest BCUT2D eigenvalue weighted by molar-refractivity contribution is 7.09. The molecule has 7 nitrogen and oxygen atoms in total. The summed E-state index contributed by atoms with van der Waals surface area (Å²) in [5.74, 6) is 0.481. The number of thiazole rings is 1. The second kappa shape index (κ2) is 7.10. The Morgan fingerprint density at radius 3 is 2.83 bits per heavy atom. The van der Waals surface area contributed by atoms with Crippen molar-refractivity contribution in [1.29, 1.82) is 0 Å². The van der Waals surface area contributed by atoms with Crippen LogP contribution in [0.3, 0.4) is 0 Å². The molecule has 1 N–H and O–H groups in total. The molecule has 118 valence electrons. The SMILES string of the molecule is Cc1nnnn1[C@@H](Cc1ccccc1)C(=O)NCc1nccs1. The fourth-order valence-corrected chi connectivity index (χ4v) is 2.83. The minimum Gasteiger partial charge on any atom is -0.348 e. The number of carbonyl (C=O) groups is 1. The average molecular weight is 328 g/mol. The van der Waals surface area contributed by atoms with Gasteiger partial charge in [0.25, 0.3) is 0 Å². The van der Waals surface area contributed by atoms with Crippen LogP contribution < -0.4 is 5.32 Å². The van der Waals surface area contributed by atoms with E-state index in [9.17, 15) is 4.79 Å².